The number of nitrogens with one attached hydrogen (secondary N) is 3. The summed E-state index contributed by atoms with van der Waals surface area (Å²) >= 11 is 0. The second-order valence-electron chi connectivity index (χ2n) is 7.45. The number of hydrogen-bond donors (Lipinski definition) is 3. The van der Waals surface area contributed by atoms with Gasteiger partial charge in [0.15, 0.2) is 0 Å². The Morgan fingerprint density at radius 3 is 2.10 bits per heavy atom. The molecule has 0 radical (unpaired) electrons. The molecule has 1 aliphatic carbocycles. The predicted octanol–water partition coefficient (Wildman–Crippen LogP) is 5.25. The summed E-state index contributed by atoms with van der Waals surface area (Å²) in [5, 5.41) is 9.81. The highest BCUT2D eigenvalue weighted by Crippen LogP contribution is 2.21. The van der Waals surface area contributed by atoms with Crippen LogP contribution in [0.4, 0.5) is 29.2 Å². The van der Waals surface area contributed by atoms with Crippen LogP contribution in [0.5, 0.6) is 0 Å². The Kier molecular flexibility index (Phi) is 6.24. The van der Waals surface area contributed by atoms with Gasteiger partial charge >= 0.3 is 0 Å². The van der Waals surface area contributed by atoms with Crippen molar-refractivity contribution in [2.45, 2.75) is 26.4 Å². The normalized spacial score (nSPS) is 15.3. The Balaban J connectivity index is 1.60. The number of aryl methyl sites for hydroxylation is 2. The molecule has 1 aromatic heterocycles. The average Bonchev–Trinajstić information content (AvgIpc) is 2.76. The van der Waals surface area contributed by atoms with E-state index in [4.69, 9.17) is 4.74 Å². The molecule has 7 heteroatoms. The summed E-state index contributed by atoms with van der Waals surface area (Å²) < 4.78 is 5.36. The van der Waals surface area contributed by atoms with Crippen LogP contribution in [0.25, 0.3) is 0 Å². The van der Waals surface area contributed by atoms with E-state index in [2.05, 4.69) is 43.9 Å². The predicted molar refractivity (Wildman–Crippen MR) is 125 cm³/mol. The molecule has 0 fully saturated rings. The van der Waals surface area contributed by atoms with E-state index in [1.807, 2.05) is 67.6 Å². The molecule has 7 nitrogen and oxygen atoms in total. The highest BCUT2D eigenvalue weighted by atomic mass is 16.5. The Bertz CT molecular complexity index is 1110. The molecule has 0 amide bonds. The minimum atomic E-state index is 0.0984. The molecular formula is C24H26N6O. The standard InChI is InChI=1S/C24H26N6O/c1-16-7-9-18(10-8-16)25-22-28-23(26-19-11-13-21(31-3)14-12-19)30-24(29-22)27-20-6-4-5-17(2)15-20/h4-13,15,21H,14H2,1-3H3,(H3,25,26,27,28,29,30). The molecule has 3 N–H and O–H groups in total. The van der Waals surface area contributed by atoms with Crippen molar-refractivity contribution in [3.63, 3.8) is 0 Å². The number of allylic oxidation sites excluding steroid dienone is 1. The number of hydrogen-bond acceptors (Lipinski definition) is 7. The van der Waals surface area contributed by atoms with Crippen molar-refractivity contribution < 1.29 is 4.74 Å². The van der Waals surface area contributed by atoms with E-state index >= 15 is 0 Å². The topological polar surface area (TPSA) is 84.0 Å². The maximum absolute atomic E-state index is 5.36. The highest BCUT2D eigenvalue weighted by molar-refractivity contribution is 5.60. The van der Waals surface area contributed by atoms with E-state index in [1.54, 1.807) is 7.11 Å². The van der Waals surface area contributed by atoms with Crippen molar-refractivity contribution in [3.8, 4) is 0 Å². The van der Waals surface area contributed by atoms with Crippen LogP contribution in [0.2, 0.25) is 0 Å². The summed E-state index contributed by atoms with van der Waals surface area (Å²) in [6, 6.07) is 16.1. The molecule has 3 aromatic rings. The van der Waals surface area contributed by atoms with Gasteiger partial charge in [-0.15, -0.1) is 0 Å². The minimum Gasteiger partial charge on any atom is -0.377 e. The molecule has 4 rings (SSSR count). The molecule has 0 saturated heterocycles. The number of anilines is 5. The first-order valence-corrected chi connectivity index (χ1v) is 10.2. The fraction of sp³-hybridized carbons (Fsp3) is 0.208. The zero-order valence-electron chi connectivity index (χ0n) is 17.9. The first-order valence-electron chi connectivity index (χ1n) is 10.2. The zero-order chi connectivity index (χ0) is 21.6. The van der Waals surface area contributed by atoms with E-state index in [9.17, 15) is 0 Å². The molecule has 1 atom stereocenters. The van der Waals surface area contributed by atoms with Gasteiger partial charge < -0.3 is 20.7 Å². The van der Waals surface area contributed by atoms with Crippen LogP contribution < -0.4 is 16.0 Å². The van der Waals surface area contributed by atoms with Crippen LogP contribution in [0, 0.1) is 13.8 Å². The smallest absolute Gasteiger partial charge is 0.233 e. The van der Waals surface area contributed by atoms with E-state index in [1.165, 1.54) is 5.56 Å². The van der Waals surface area contributed by atoms with E-state index < -0.39 is 0 Å². The Labute approximate surface area is 182 Å². The summed E-state index contributed by atoms with van der Waals surface area (Å²) in [6.07, 6.45) is 6.95. The Morgan fingerprint density at radius 1 is 0.806 bits per heavy atom. The number of benzene rings is 2. The fourth-order valence-electron chi connectivity index (χ4n) is 3.16. The lowest BCUT2D eigenvalue weighted by Crippen LogP contribution is -2.13. The van der Waals surface area contributed by atoms with Crippen molar-refractivity contribution in [2.75, 3.05) is 23.1 Å². The Morgan fingerprint density at radius 2 is 1.48 bits per heavy atom. The molecular weight excluding hydrogens is 388 g/mol. The quantitative estimate of drug-likeness (QED) is 0.487. The lowest BCUT2D eigenvalue weighted by atomic mass is 10.1. The number of methoxy groups -OCH3 is 1. The highest BCUT2D eigenvalue weighted by Gasteiger charge is 2.11. The van der Waals surface area contributed by atoms with Gasteiger partial charge in [0, 0.05) is 24.2 Å². The molecule has 0 aliphatic heterocycles. The first kappa shape index (κ1) is 20.6. The van der Waals surface area contributed by atoms with Crippen LogP contribution in [0.15, 0.2) is 72.5 Å². The number of aromatic nitrogens is 3. The SMILES string of the molecule is COC1C=CC(Nc2nc(Nc3ccc(C)cc3)nc(Nc3cccc(C)c3)n2)=CC1. The third kappa shape index (κ3) is 5.67. The van der Waals surface area contributed by atoms with Gasteiger partial charge in [0.2, 0.25) is 17.8 Å². The van der Waals surface area contributed by atoms with Gasteiger partial charge in [-0.1, -0.05) is 42.0 Å². The number of nitrogens with zero attached hydrogens (tertiary/aromatic N) is 3. The van der Waals surface area contributed by atoms with Crippen LogP contribution in [0.3, 0.4) is 0 Å². The summed E-state index contributed by atoms with van der Waals surface area (Å²) in [7, 11) is 1.71. The lowest BCUT2D eigenvalue weighted by molar-refractivity contribution is 0.142. The van der Waals surface area contributed by atoms with Gasteiger partial charge in [0.1, 0.15) is 0 Å². The van der Waals surface area contributed by atoms with Gasteiger partial charge in [-0.05, 0) is 56.2 Å². The molecule has 158 valence electrons. The van der Waals surface area contributed by atoms with Crippen LogP contribution in [-0.4, -0.2) is 28.2 Å². The van der Waals surface area contributed by atoms with Crippen LogP contribution in [-0.2, 0) is 4.74 Å². The molecule has 2 aromatic carbocycles. The summed E-state index contributed by atoms with van der Waals surface area (Å²) in [5.41, 5.74) is 5.08. The average molecular weight is 415 g/mol. The maximum Gasteiger partial charge on any atom is 0.233 e. The molecule has 0 saturated carbocycles. The summed E-state index contributed by atoms with van der Waals surface area (Å²) in [4.78, 5) is 13.7. The van der Waals surface area contributed by atoms with E-state index in [-0.39, 0.29) is 6.10 Å². The van der Waals surface area contributed by atoms with Gasteiger partial charge in [-0.25, -0.2) is 0 Å². The second-order valence-corrected chi connectivity index (χ2v) is 7.45. The molecule has 0 bridgehead atoms. The monoisotopic (exact) mass is 414 g/mol. The molecule has 1 aliphatic rings. The van der Waals surface area contributed by atoms with Crippen molar-refractivity contribution in [3.05, 3.63) is 83.6 Å². The van der Waals surface area contributed by atoms with Gasteiger partial charge in [-0.2, -0.15) is 15.0 Å². The minimum absolute atomic E-state index is 0.0984. The van der Waals surface area contributed by atoms with Crippen molar-refractivity contribution in [1.82, 2.24) is 15.0 Å². The second kappa shape index (κ2) is 9.40. The molecule has 1 unspecified atom stereocenters. The fourth-order valence-corrected chi connectivity index (χ4v) is 3.16. The third-order valence-corrected chi connectivity index (χ3v) is 4.84. The number of rotatable bonds is 7. The van der Waals surface area contributed by atoms with Crippen molar-refractivity contribution in [2.24, 2.45) is 0 Å². The van der Waals surface area contributed by atoms with E-state index in [0.717, 1.165) is 29.1 Å². The third-order valence-electron chi connectivity index (χ3n) is 4.84. The molecule has 1 heterocycles. The lowest BCUT2D eigenvalue weighted by Gasteiger charge is -2.16. The molecule has 31 heavy (non-hydrogen) atoms. The summed E-state index contributed by atoms with van der Waals surface area (Å²) in [5.74, 6) is 1.35. The van der Waals surface area contributed by atoms with Crippen molar-refractivity contribution in [1.29, 1.82) is 0 Å². The largest absolute Gasteiger partial charge is 0.377 e. The number of ether oxygens (including phenoxy) is 1. The molecule has 0 spiro atoms. The van der Waals surface area contributed by atoms with Crippen LogP contribution >= 0.6 is 0 Å². The maximum atomic E-state index is 5.36. The van der Waals surface area contributed by atoms with Gasteiger partial charge in [-0.3, -0.25) is 0 Å². The van der Waals surface area contributed by atoms with Gasteiger partial charge in [0.25, 0.3) is 0 Å². The van der Waals surface area contributed by atoms with Gasteiger partial charge in [0.05, 0.1) is 6.10 Å². The van der Waals surface area contributed by atoms with E-state index in [0.29, 0.717) is 17.8 Å². The van der Waals surface area contributed by atoms with Crippen molar-refractivity contribution >= 4 is 29.2 Å². The first-order chi connectivity index (χ1) is 15.1. The Hall–Kier alpha value is -3.71. The summed E-state index contributed by atoms with van der Waals surface area (Å²) in [6.45, 7) is 4.10. The van der Waals surface area contributed by atoms with Crippen LogP contribution in [0.1, 0.15) is 17.5 Å². The zero-order valence-corrected chi connectivity index (χ0v) is 17.9.